The van der Waals surface area contributed by atoms with E-state index in [1.54, 1.807) is 0 Å². The van der Waals surface area contributed by atoms with Gasteiger partial charge < -0.3 is 14.9 Å². The zero-order valence-corrected chi connectivity index (χ0v) is 18.2. The van der Waals surface area contributed by atoms with E-state index >= 15 is 0 Å². The van der Waals surface area contributed by atoms with E-state index in [-0.39, 0.29) is 12.3 Å². The Morgan fingerprint density at radius 1 is 0.667 bits per heavy atom. The molecule has 0 atom stereocenters. The number of carboxylic acid groups (broad SMARTS) is 1. The lowest BCUT2D eigenvalue weighted by Crippen LogP contribution is -2.35. The minimum absolute atomic E-state index is 0.150. The summed E-state index contributed by atoms with van der Waals surface area (Å²) < 4.78 is 0. The van der Waals surface area contributed by atoms with E-state index in [1.807, 2.05) is 18.7 Å². The molecule has 1 N–H and O–H groups in total. The highest BCUT2D eigenvalue weighted by Crippen LogP contribution is 2.11. The van der Waals surface area contributed by atoms with Gasteiger partial charge in [0.05, 0.1) is 6.42 Å². The van der Waals surface area contributed by atoms with Gasteiger partial charge in [0.1, 0.15) is 0 Å². The molecule has 0 aliphatic rings. The summed E-state index contributed by atoms with van der Waals surface area (Å²) >= 11 is 0. The fraction of sp³-hybridized carbons (Fsp3) is 0.909. The Morgan fingerprint density at radius 2 is 1.15 bits per heavy atom. The van der Waals surface area contributed by atoms with Crippen molar-refractivity contribution in [3.8, 4) is 0 Å². The van der Waals surface area contributed by atoms with Crippen LogP contribution in [-0.2, 0) is 9.59 Å². The normalized spacial score (nSPS) is 11.1. The molecule has 27 heavy (non-hydrogen) atoms. The van der Waals surface area contributed by atoms with Crippen molar-refractivity contribution in [2.45, 2.75) is 97.8 Å². The smallest absolute Gasteiger partial charge is 0.304 e. The highest BCUT2D eigenvalue weighted by molar-refractivity contribution is 5.76. The fourth-order valence-electron chi connectivity index (χ4n) is 3.40. The third-order valence-corrected chi connectivity index (χ3v) is 5.23. The minimum Gasteiger partial charge on any atom is -0.481 e. The number of unbranched alkanes of at least 4 members (excludes halogenated alkanes) is 9. The first-order valence-electron chi connectivity index (χ1n) is 11.3. The van der Waals surface area contributed by atoms with E-state index in [4.69, 9.17) is 5.11 Å². The number of amides is 1. The van der Waals surface area contributed by atoms with Crippen molar-refractivity contribution in [2.24, 2.45) is 0 Å². The molecule has 0 aromatic rings. The van der Waals surface area contributed by atoms with Crippen LogP contribution in [0, 0.1) is 0 Å². The van der Waals surface area contributed by atoms with Crippen LogP contribution in [0.15, 0.2) is 0 Å². The van der Waals surface area contributed by atoms with Gasteiger partial charge in [0.15, 0.2) is 0 Å². The molecule has 0 heterocycles. The van der Waals surface area contributed by atoms with E-state index in [1.165, 1.54) is 57.8 Å². The summed E-state index contributed by atoms with van der Waals surface area (Å²) in [6.07, 6.45) is 13.6. The molecule has 5 heteroatoms. The van der Waals surface area contributed by atoms with Crippen molar-refractivity contribution >= 4 is 11.9 Å². The molecule has 0 fully saturated rings. The molecule has 0 spiro atoms. The van der Waals surface area contributed by atoms with E-state index in [9.17, 15) is 9.59 Å². The summed E-state index contributed by atoms with van der Waals surface area (Å²) in [5, 5.41) is 8.95. The number of carboxylic acids is 1. The van der Waals surface area contributed by atoms with E-state index in [2.05, 4.69) is 11.8 Å². The van der Waals surface area contributed by atoms with Crippen molar-refractivity contribution < 1.29 is 14.7 Å². The SMILES string of the molecule is CCCCCCCCCCCCN(CCC(=O)O)CCC(=O)N(CC)CC. The van der Waals surface area contributed by atoms with Gasteiger partial charge in [-0.15, -0.1) is 0 Å². The third-order valence-electron chi connectivity index (χ3n) is 5.23. The Morgan fingerprint density at radius 3 is 1.63 bits per heavy atom. The van der Waals surface area contributed by atoms with Crippen molar-refractivity contribution in [1.82, 2.24) is 9.80 Å². The predicted octanol–water partition coefficient (Wildman–Crippen LogP) is 4.94. The Hall–Kier alpha value is -1.10. The predicted molar refractivity (Wildman–Crippen MR) is 113 cm³/mol. The summed E-state index contributed by atoms with van der Waals surface area (Å²) in [6, 6.07) is 0. The van der Waals surface area contributed by atoms with Crippen LogP contribution in [0.5, 0.6) is 0 Å². The van der Waals surface area contributed by atoms with Crippen LogP contribution in [0.2, 0.25) is 0 Å². The molecule has 0 bridgehead atoms. The lowest BCUT2D eigenvalue weighted by molar-refractivity contribution is -0.137. The number of carbonyl (C=O) groups is 2. The zero-order chi connectivity index (χ0) is 20.3. The molecular weight excluding hydrogens is 340 g/mol. The average molecular weight is 385 g/mol. The molecule has 0 saturated carbocycles. The molecular formula is C22H44N2O3. The molecule has 5 nitrogen and oxygen atoms in total. The summed E-state index contributed by atoms with van der Waals surface area (Å²) in [7, 11) is 0. The van der Waals surface area contributed by atoms with Gasteiger partial charge >= 0.3 is 5.97 Å². The molecule has 0 aliphatic carbocycles. The quantitative estimate of drug-likeness (QED) is 0.320. The van der Waals surface area contributed by atoms with Crippen molar-refractivity contribution in [3.63, 3.8) is 0 Å². The Kier molecular flexibility index (Phi) is 17.5. The highest BCUT2D eigenvalue weighted by atomic mass is 16.4. The number of aliphatic carboxylic acids is 1. The summed E-state index contributed by atoms with van der Waals surface area (Å²) in [6.45, 7) is 9.82. The van der Waals surface area contributed by atoms with E-state index in [0.29, 0.717) is 19.5 Å². The molecule has 0 aliphatic heterocycles. The maximum absolute atomic E-state index is 12.2. The number of nitrogens with zero attached hydrogens (tertiary/aromatic N) is 2. The van der Waals surface area contributed by atoms with Gasteiger partial charge in [0.25, 0.3) is 0 Å². The maximum Gasteiger partial charge on any atom is 0.304 e. The van der Waals surface area contributed by atoms with Crippen LogP contribution in [0.3, 0.4) is 0 Å². The lowest BCUT2D eigenvalue weighted by Gasteiger charge is -2.24. The number of rotatable bonds is 19. The van der Waals surface area contributed by atoms with E-state index in [0.717, 1.165) is 26.1 Å². The van der Waals surface area contributed by atoms with Crippen LogP contribution in [0.4, 0.5) is 0 Å². The molecule has 0 aromatic carbocycles. The minimum atomic E-state index is -0.766. The van der Waals surface area contributed by atoms with Crippen LogP contribution in [0.1, 0.15) is 97.8 Å². The second-order valence-electron chi connectivity index (χ2n) is 7.48. The maximum atomic E-state index is 12.2. The van der Waals surface area contributed by atoms with Gasteiger partial charge in [-0.25, -0.2) is 0 Å². The molecule has 0 radical (unpaired) electrons. The first-order chi connectivity index (χ1) is 13.0. The Labute approximate surface area is 167 Å². The second-order valence-corrected chi connectivity index (χ2v) is 7.48. The Bertz CT molecular complexity index is 371. The molecule has 0 saturated heterocycles. The molecule has 0 rings (SSSR count). The standard InChI is InChI=1S/C22H44N2O3/c1-4-7-8-9-10-11-12-13-14-15-18-23(20-17-22(26)27)19-16-21(25)24(5-2)6-3/h4-20H2,1-3H3,(H,26,27). The van der Waals surface area contributed by atoms with E-state index < -0.39 is 5.97 Å². The van der Waals surface area contributed by atoms with Gasteiger partial charge in [0.2, 0.25) is 5.91 Å². The zero-order valence-electron chi connectivity index (χ0n) is 18.2. The monoisotopic (exact) mass is 384 g/mol. The first-order valence-corrected chi connectivity index (χ1v) is 11.3. The van der Waals surface area contributed by atoms with Crippen molar-refractivity contribution in [1.29, 1.82) is 0 Å². The summed E-state index contributed by atoms with van der Waals surface area (Å²) in [5.41, 5.74) is 0. The number of hydrogen-bond donors (Lipinski definition) is 1. The van der Waals surface area contributed by atoms with Gasteiger partial charge in [-0.1, -0.05) is 64.7 Å². The van der Waals surface area contributed by atoms with Crippen LogP contribution >= 0.6 is 0 Å². The average Bonchev–Trinajstić information content (AvgIpc) is 2.65. The highest BCUT2D eigenvalue weighted by Gasteiger charge is 2.13. The van der Waals surface area contributed by atoms with Crippen molar-refractivity contribution in [2.75, 3.05) is 32.7 Å². The second kappa shape index (κ2) is 18.3. The first kappa shape index (κ1) is 25.9. The van der Waals surface area contributed by atoms with Gasteiger partial charge in [-0.3, -0.25) is 9.59 Å². The fourth-order valence-corrected chi connectivity index (χ4v) is 3.40. The van der Waals surface area contributed by atoms with Crippen LogP contribution in [-0.4, -0.2) is 59.5 Å². The third kappa shape index (κ3) is 15.6. The van der Waals surface area contributed by atoms with Gasteiger partial charge in [-0.05, 0) is 26.8 Å². The largest absolute Gasteiger partial charge is 0.481 e. The number of hydrogen-bond acceptors (Lipinski definition) is 3. The van der Waals surface area contributed by atoms with Crippen molar-refractivity contribution in [3.05, 3.63) is 0 Å². The topological polar surface area (TPSA) is 60.9 Å². The van der Waals surface area contributed by atoms with Gasteiger partial charge in [-0.2, -0.15) is 0 Å². The molecule has 1 amide bonds. The summed E-state index contributed by atoms with van der Waals surface area (Å²) in [5.74, 6) is -0.596. The molecule has 0 aromatic heterocycles. The Balaban J connectivity index is 3.95. The summed E-state index contributed by atoms with van der Waals surface area (Å²) in [4.78, 5) is 27.1. The van der Waals surface area contributed by atoms with Crippen LogP contribution in [0.25, 0.3) is 0 Å². The molecule has 160 valence electrons. The van der Waals surface area contributed by atoms with Crippen LogP contribution < -0.4 is 0 Å². The number of carbonyl (C=O) groups excluding carboxylic acids is 1. The van der Waals surface area contributed by atoms with Gasteiger partial charge in [0, 0.05) is 32.6 Å². The molecule has 0 unspecified atom stereocenters. The lowest BCUT2D eigenvalue weighted by atomic mass is 10.1.